The average molecular weight is 406 g/mol. The molecule has 0 radical (unpaired) electrons. The van der Waals surface area contributed by atoms with E-state index in [1.54, 1.807) is 12.1 Å². The van der Waals surface area contributed by atoms with Crippen LogP contribution in [0, 0.1) is 0 Å². The second-order valence-corrected chi connectivity index (χ2v) is 6.07. The molecule has 0 aliphatic rings. The first-order chi connectivity index (χ1) is 12.0. The van der Waals surface area contributed by atoms with Crippen molar-refractivity contribution in [1.82, 2.24) is 0 Å². The van der Waals surface area contributed by atoms with Crippen molar-refractivity contribution in [1.29, 1.82) is 0 Å². The number of hydrogen-bond donors (Lipinski definition) is 1. The summed E-state index contributed by atoms with van der Waals surface area (Å²) in [6.07, 6.45) is 4.32. The summed E-state index contributed by atoms with van der Waals surface area (Å²) in [5.41, 5.74) is 2.93. The third-order valence-corrected chi connectivity index (χ3v) is 4.01. The van der Waals surface area contributed by atoms with Crippen molar-refractivity contribution < 1.29 is 18.7 Å². The number of amides is 1. The van der Waals surface area contributed by atoms with Gasteiger partial charge in [-0.1, -0.05) is 32.0 Å². The Labute approximate surface area is 155 Å². The minimum absolute atomic E-state index is 0.341. The summed E-state index contributed by atoms with van der Waals surface area (Å²) < 4.78 is 10.8. The van der Waals surface area contributed by atoms with E-state index in [4.69, 9.17) is 9.15 Å². The first-order valence-electron chi connectivity index (χ1n) is 8.04. The molecular weight excluding hydrogens is 386 g/mol. The Morgan fingerprint density at radius 1 is 1.16 bits per heavy atom. The molecule has 25 heavy (non-hydrogen) atoms. The molecule has 1 heterocycles. The van der Waals surface area contributed by atoms with Gasteiger partial charge in [0.15, 0.2) is 11.3 Å². The molecule has 5 nitrogen and oxygen atoms in total. The number of rotatable bonds is 7. The lowest BCUT2D eigenvalue weighted by Gasteiger charge is -2.14. The highest BCUT2D eigenvalue weighted by atomic mass is 79.9. The highest BCUT2D eigenvalue weighted by Gasteiger charge is 2.11. The molecule has 0 aliphatic heterocycles. The third kappa shape index (κ3) is 5.60. The van der Waals surface area contributed by atoms with Crippen molar-refractivity contribution in [3.63, 3.8) is 0 Å². The van der Waals surface area contributed by atoms with Gasteiger partial charge in [-0.05, 0) is 58.1 Å². The molecule has 1 amide bonds. The van der Waals surface area contributed by atoms with Gasteiger partial charge in [-0.25, -0.2) is 4.79 Å². The zero-order valence-electron chi connectivity index (χ0n) is 14.2. The van der Waals surface area contributed by atoms with Gasteiger partial charge in [-0.3, -0.25) is 4.79 Å². The quantitative estimate of drug-likeness (QED) is 0.548. The fourth-order valence-corrected chi connectivity index (χ4v) is 2.65. The third-order valence-electron chi connectivity index (χ3n) is 3.59. The zero-order valence-corrected chi connectivity index (χ0v) is 15.8. The Kier molecular flexibility index (Phi) is 7.01. The van der Waals surface area contributed by atoms with E-state index in [2.05, 4.69) is 21.2 Å². The number of furan rings is 1. The summed E-state index contributed by atoms with van der Waals surface area (Å²) in [4.78, 5) is 23.8. The van der Waals surface area contributed by atoms with Crippen LogP contribution in [0.2, 0.25) is 0 Å². The largest absolute Gasteiger partial charge is 0.452 e. The minimum Gasteiger partial charge on any atom is -0.452 e. The lowest BCUT2D eigenvalue weighted by Crippen LogP contribution is -2.21. The smallest absolute Gasteiger partial charge is 0.331 e. The summed E-state index contributed by atoms with van der Waals surface area (Å²) in [6.45, 7) is 3.72. The molecule has 0 saturated heterocycles. The highest BCUT2D eigenvalue weighted by Crippen LogP contribution is 2.22. The van der Waals surface area contributed by atoms with E-state index in [1.165, 1.54) is 12.2 Å². The first kappa shape index (κ1) is 19.0. The van der Waals surface area contributed by atoms with E-state index in [9.17, 15) is 9.59 Å². The van der Waals surface area contributed by atoms with Crippen LogP contribution in [0.5, 0.6) is 0 Å². The van der Waals surface area contributed by atoms with Crippen LogP contribution in [0.25, 0.3) is 6.08 Å². The van der Waals surface area contributed by atoms with Gasteiger partial charge in [0.1, 0.15) is 5.76 Å². The normalized spacial score (nSPS) is 10.8. The van der Waals surface area contributed by atoms with Crippen LogP contribution in [-0.2, 0) is 27.2 Å². The van der Waals surface area contributed by atoms with Crippen molar-refractivity contribution in [2.75, 3.05) is 11.9 Å². The molecule has 6 heteroatoms. The molecule has 0 spiro atoms. The number of halogens is 1. The van der Waals surface area contributed by atoms with E-state index in [1.807, 2.05) is 32.0 Å². The standard InChI is InChI=1S/C19H20BrNO4/c1-3-13-6-5-7-14(4-2)19(13)21-17(22)12-24-18(23)11-9-15-8-10-16(20)25-15/h5-11H,3-4,12H2,1-2H3,(H,21,22). The monoisotopic (exact) mass is 405 g/mol. The second-order valence-electron chi connectivity index (χ2n) is 5.29. The lowest BCUT2D eigenvalue weighted by molar-refractivity contribution is -0.142. The van der Waals surface area contributed by atoms with Crippen LogP contribution in [0.15, 0.2) is 45.5 Å². The van der Waals surface area contributed by atoms with E-state index >= 15 is 0 Å². The minimum atomic E-state index is -0.609. The van der Waals surface area contributed by atoms with Gasteiger partial charge in [-0.15, -0.1) is 0 Å². The Morgan fingerprint density at radius 3 is 2.40 bits per heavy atom. The second kappa shape index (κ2) is 9.22. The molecule has 132 valence electrons. The van der Waals surface area contributed by atoms with Crippen LogP contribution in [0.1, 0.15) is 30.7 Å². The molecule has 1 aromatic carbocycles. The van der Waals surface area contributed by atoms with Gasteiger partial charge in [0.25, 0.3) is 5.91 Å². The number of carbonyl (C=O) groups is 2. The lowest BCUT2D eigenvalue weighted by atomic mass is 10.0. The average Bonchev–Trinajstić information content (AvgIpc) is 3.03. The zero-order chi connectivity index (χ0) is 18.2. The van der Waals surface area contributed by atoms with Gasteiger partial charge >= 0.3 is 5.97 Å². The van der Waals surface area contributed by atoms with E-state index in [0.29, 0.717) is 10.4 Å². The number of nitrogens with one attached hydrogen (secondary N) is 1. The molecule has 0 aliphatic carbocycles. The molecule has 0 saturated carbocycles. The maximum atomic E-state index is 12.1. The van der Waals surface area contributed by atoms with Gasteiger partial charge < -0.3 is 14.5 Å². The maximum absolute atomic E-state index is 12.1. The Bertz CT molecular complexity index is 757. The van der Waals surface area contributed by atoms with Crippen molar-refractivity contribution in [3.8, 4) is 0 Å². The number of aryl methyl sites for hydroxylation is 2. The summed E-state index contributed by atoms with van der Waals surface area (Å²) >= 11 is 3.17. The number of para-hydroxylation sites is 1. The van der Waals surface area contributed by atoms with Gasteiger partial charge in [0.05, 0.1) is 0 Å². The van der Waals surface area contributed by atoms with E-state index in [-0.39, 0.29) is 12.5 Å². The summed E-state index contributed by atoms with van der Waals surface area (Å²) in [6, 6.07) is 9.35. The Balaban J connectivity index is 1.90. The molecule has 2 aromatic rings. The van der Waals surface area contributed by atoms with E-state index in [0.717, 1.165) is 29.7 Å². The SMILES string of the molecule is CCc1cccc(CC)c1NC(=O)COC(=O)C=Cc1ccc(Br)o1. The van der Waals surface area contributed by atoms with Crippen LogP contribution in [0.4, 0.5) is 5.69 Å². The fourth-order valence-electron chi connectivity index (χ4n) is 2.33. The van der Waals surface area contributed by atoms with E-state index < -0.39 is 5.97 Å². The predicted octanol–water partition coefficient (Wildman–Crippen LogP) is 4.36. The van der Waals surface area contributed by atoms with Crippen LogP contribution < -0.4 is 5.32 Å². The number of esters is 1. The van der Waals surface area contributed by atoms with Crippen molar-refractivity contribution >= 4 is 39.6 Å². The van der Waals surface area contributed by atoms with Crippen LogP contribution in [-0.4, -0.2) is 18.5 Å². The molecule has 2 rings (SSSR count). The molecule has 0 fully saturated rings. The molecule has 1 aromatic heterocycles. The van der Waals surface area contributed by atoms with Crippen molar-refractivity contribution in [3.05, 3.63) is 58.0 Å². The summed E-state index contributed by atoms with van der Waals surface area (Å²) in [5.74, 6) is -0.460. The summed E-state index contributed by atoms with van der Waals surface area (Å²) in [5, 5.41) is 2.85. The van der Waals surface area contributed by atoms with Crippen LogP contribution >= 0.6 is 15.9 Å². The predicted molar refractivity (Wildman–Crippen MR) is 100 cm³/mol. The number of benzene rings is 1. The van der Waals surface area contributed by atoms with Gasteiger partial charge in [0.2, 0.25) is 0 Å². The molecule has 0 unspecified atom stereocenters. The summed E-state index contributed by atoms with van der Waals surface area (Å²) in [7, 11) is 0. The Morgan fingerprint density at radius 2 is 1.84 bits per heavy atom. The molecule has 0 bridgehead atoms. The van der Waals surface area contributed by atoms with Crippen molar-refractivity contribution in [2.45, 2.75) is 26.7 Å². The van der Waals surface area contributed by atoms with Gasteiger partial charge in [-0.2, -0.15) is 0 Å². The number of hydrogen-bond acceptors (Lipinski definition) is 4. The maximum Gasteiger partial charge on any atom is 0.331 e. The highest BCUT2D eigenvalue weighted by molar-refractivity contribution is 9.10. The molecule has 0 atom stereocenters. The first-order valence-corrected chi connectivity index (χ1v) is 8.83. The number of anilines is 1. The number of ether oxygens (including phenoxy) is 1. The van der Waals surface area contributed by atoms with Gasteiger partial charge in [0, 0.05) is 11.8 Å². The Hall–Kier alpha value is -2.34. The molecular formula is C19H20BrNO4. The van der Waals surface area contributed by atoms with Crippen molar-refractivity contribution in [2.24, 2.45) is 0 Å². The number of carbonyl (C=O) groups excluding carboxylic acids is 2. The topological polar surface area (TPSA) is 68.5 Å². The molecule has 1 N–H and O–H groups in total. The van der Waals surface area contributed by atoms with Crippen LogP contribution in [0.3, 0.4) is 0 Å². The fraction of sp³-hybridized carbons (Fsp3) is 0.263.